The molecule has 0 spiro atoms. The minimum Gasteiger partial charge on any atom is -0.371 e. The zero-order valence-electron chi connectivity index (χ0n) is 15.3. The fraction of sp³-hybridized carbons (Fsp3) is 0.300. The highest BCUT2D eigenvalue weighted by molar-refractivity contribution is 6.42. The summed E-state index contributed by atoms with van der Waals surface area (Å²) >= 11 is 12.2. The van der Waals surface area contributed by atoms with E-state index in [4.69, 9.17) is 27.9 Å². The molecule has 1 aromatic heterocycles. The Morgan fingerprint density at radius 2 is 1.93 bits per heavy atom. The molecule has 1 aliphatic heterocycles. The monoisotopic (exact) mass is 420 g/mol. The summed E-state index contributed by atoms with van der Waals surface area (Å²) in [5, 5.41) is 5.52. The van der Waals surface area contributed by atoms with Gasteiger partial charge in [-0.3, -0.25) is 4.90 Å². The molecule has 1 atom stereocenters. The number of morpholine rings is 1. The van der Waals surface area contributed by atoms with E-state index in [1.165, 1.54) is 12.1 Å². The van der Waals surface area contributed by atoms with Gasteiger partial charge in [-0.2, -0.15) is 5.10 Å². The maximum absolute atomic E-state index is 13.2. The predicted octanol–water partition coefficient (Wildman–Crippen LogP) is 4.73. The van der Waals surface area contributed by atoms with Gasteiger partial charge in [0.1, 0.15) is 11.6 Å². The number of ether oxygens (including phenoxy) is 1. The van der Waals surface area contributed by atoms with Crippen molar-refractivity contribution in [3.63, 3.8) is 0 Å². The first-order valence-corrected chi connectivity index (χ1v) is 9.71. The van der Waals surface area contributed by atoms with E-state index in [0.717, 1.165) is 23.5 Å². The van der Waals surface area contributed by atoms with Crippen molar-refractivity contribution in [3.8, 4) is 11.4 Å². The topological polar surface area (TPSA) is 43.2 Å². The molecule has 28 heavy (non-hydrogen) atoms. The maximum atomic E-state index is 13.2. The molecule has 0 amide bonds. The lowest BCUT2D eigenvalue weighted by atomic mass is 10.1. The maximum Gasteiger partial charge on any atom is 0.159 e. The molecule has 0 saturated carbocycles. The molecule has 1 aliphatic rings. The van der Waals surface area contributed by atoms with Gasteiger partial charge in [0.15, 0.2) is 5.82 Å². The molecular weight excluding hydrogens is 402 g/mol. The van der Waals surface area contributed by atoms with Crippen molar-refractivity contribution in [3.05, 3.63) is 69.7 Å². The van der Waals surface area contributed by atoms with Gasteiger partial charge in [-0.25, -0.2) is 14.1 Å². The van der Waals surface area contributed by atoms with Crippen molar-refractivity contribution in [2.75, 3.05) is 19.7 Å². The van der Waals surface area contributed by atoms with Crippen LogP contribution in [0.2, 0.25) is 10.0 Å². The summed E-state index contributed by atoms with van der Waals surface area (Å²) in [6, 6.07) is 11.9. The van der Waals surface area contributed by atoms with Crippen LogP contribution in [0.1, 0.15) is 17.5 Å². The van der Waals surface area contributed by atoms with Gasteiger partial charge >= 0.3 is 0 Å². The predicted molar refractivity (Wildman–Crippen MR) is 107 cm³/mol. The Balaban J connectivity index is 1.54. The first-order chi connectivity index (χ1) is 13.5. The largest absolute Gasteiger partial charge is 0.371 e. The van der Waals surface area contributed by atoms with Crippen LogP contribution in [0.15, 0.2) is 42.5 Å². The third kappa shape index (κ3) is 4.20. The van der Waals surface area contributed by atoms with Crippen LogP contribution in [0.3, 0.4) is 0 Å². The van der Waals surface area contributed by atoms with Crippen molar-refractivity contribution in [2.24, 2.45) is 0 Å². The molecule has 1 saturated heterocycles. The van der Waals surface area contributed by atoms with E-state index in [0.29, 0.717) is 35.7 Å². The van der Waals surface area contributed by atoms with Crippen LogP contribution in [-0.2, 0) is 11.4 Å². The molecule has 8 heteroatoms. The van der Waals surface area contributed by atoms with Gasteiger partial charge in [0.25, 0.3) is 0 Å². The first-order valence-electron chi connectivity index (χ1n) is 8.96. The molecular formula is C20H19Cl2FN4O. The van der Waals surface area contributed by atoms with Crippen LogP contribution in [0.25, 0.3) is 11.4 Å². The summed E-state index contributed by atoms with van der Waals surface area (Å²) in [5.74, 6) is 1.17. The van der Waals surface area contributed by atoms with Crippen LogP contribution in [0, 0.1) is 12.7 Å². The van der Waals surface area contributed by atoms with Crippen LogP contribution < -0.4 is 0 Å². The molecule has 5 nitrogen and oxygen atoms in total. The summed E-state index contributed by atoms with van der Waals surface area (Å²) in [5.41, 5.74) is 1.82. The SMILES string of the molecule is Cc1nc(-c2ccc(Cl)c(Cl)c2)n(CN2CCOC(c3ccc(F)cc3)C2)n1. The Labute approximate surface area is 172 Å². The van der Waals surface area contributed by atoms with Gasteiger partial charge in [0.05, 0.1) is 29.4 Å². The van der Waals surface area contributed by atoms with Gasteiger partial charge in [0.2, 0.25) is 0 Å². The van der Waals surface area contributed by atoms with E-state index >= 15 is 0 Å². The molecule has 0 N–H and O–H groups in total. The summed E-state index contributed by atoms with van der Waals surface area (Å²) in [6.45, 7) is 4.48. The molecule has 0 aliphatic carbocycles. The normalized spacial score (nSPS) is 17.8. The Morgan fingerprint density at radius 1 is 1.14 bits per heavy atom. The van der Waals surface area contributed by atoms with E-state index in [-0.39, 0.29) is 11.9 Å². The third-order valence-corrected chi connectivity index (χ3v) is 5.42. The van der Waals surface area contributed by atoms with E-state index in [9.17, 15) is 4.39 Å². The lowest BCUT2D eigenvalue weighted by Crippen LogP contribution is -2.39. The molecule has 1 fully saturated rings. The van der Waals surface area contributed by atoms with Gasteiger partial charge in [-0.1, -0.05) is 35.3 Å². The quantitative estimate of drug-likeness (QED) is 0.611. The summed E-state index contributed by atoms with van der Waals surface area (Å²) < 4.78 is 20.9. The van der Waals surface area contributed by atoms with Gasteiger partial charge in [-0.05, 0) is 42.8 Å². The van der Waals surface area contributed by atoms with Crippen molar-refractivity contribution < 1.29 is 9.13 Å². The fourth-order valence-corrected chi connectivity index (χ4v) is 3.60. The highest BCUT2D eigenvalue weighted by Gasteiger charge is 2.23. The summed E-state index contributed by atoms with van der Waals surface area (Å²) in [7, 11) is 0. The Morgan fingerprint density at radius 3 is 2.68 bits per heavy atom. The molecule has 3 aromatic rings. The Bertz CT molecular complexity index is 977. The highest BCUT2D eigenvalue weighted by Crippen LogP contribution is 2.28. The average Bonchev–Trinajstić information content (AvgIpc) is 3.05. The van der Waals surface area contributed by atoms with E-state index in [1.54, 1.807) is 24.3 Å². The number of nitrogens with zero attached hydrogens (tertiary/aromatic N) is 4. The van der Waals surface area contributed by atoms with Crippen molar-refractivity contribution >= 4 is 23.2 Å². The van der Waals surface area contributed by atoms with Crippen molar-refractivity contribution in [1.82, 2.24) is 19.7 Å². The summed E-state index contributed by atoms with van der Waals surface area (Å²) in [6.07, 6.45) is -0.104. The van der Waals surface area contributed by atoms with Crippen molar-refractivity contribution in [2.45, 2.75) is 19.7 Å². The Hall–Kier alpha value is -1.99. The second kappa shape index (κ2) is 8.17. The summed E-state index contributed by atoms with van der Waals surface area (Å²) in [4.78, 5) is 6.80. The number of hydrogen-bond acceptors (Lipinski definition) is 4. The van der Waals surface area contributed by atoms with Crippen LogP contribution in [-0.4, -0.2) is 39.4 Å². The fourth-order valence-electron chi connectivity index (χ4n) is 3.30. The molecule has 146 valence electrons. The standard InChI is InChI=1S/C20H19Cl2FN4O/c1-13-24-20(15-4-7-17(21)18(22)10-15)27(25-13)12-26-8-9-28-19(11-26)14-2-5-16(23)6-3-14/h2-7,10,19H,8-9,11-12H2,1H3. The van der Waals surface area contributed by atoms with Gasteiger partial charge < -0.3 is 4.74 Å². The smallest absolute Gasteiger partial charge is 0.159 e. The minimum absolute atomic E-state index is 0.104. The molecule has 2 aromatic carbocycles. The lowest BCUT2D eigenvalue weighted by Gasteiger charge is -2.33. The molecule has 0 radical (unpaired) electrons. The molecule has 1 unspecified atom stereocenters. The van der Waals surface area contributed by atoms with E-state index in [1.807, 2.05) is 17.7 Å². The van der Waals surface area contributed by atoms with E-state index in [2.05, 4.69) is 15.0 Å². The second-order valence-electron chi connectivity index (χ2n) is 6.74. The number of aryl methyl sites for hydroxylation is 1. The molecule has 4 rings (SSSR count). The third-order valence-electron chi connectivity index (χ3n) is 4.68. The molecule has 2 heterocycles. The highest BCUT2D eigenvalue weighted by atomic mass is 35.5. The molecule has 0 bridgehead atoms. The van der Waals surface area contributed by atoms with Gasteiger partial charge in [-0.15, -0.1) is 0 Å². The average molecular weight is 421 g/mol. The number of aromatic nitrogens is 3. The number of rotatable bonds is 4. The van der Waals surface area contributed by atoms with Crippen LogP contribution in [0.5, 0.6) is 0 Å². The number of benzene rings is 2. The van der Waals surface area contributed by atoms with E-state index < -0.39 is 0 Å². The number of halogens is 3. The number of hydrogen-bond donors (Lipinski definition) is 0. The van der Waals surface area contributed by atoms with Crippen LogP contribution in [0.4, 0.5) is 4.39 Å². The minimum atomic E-state index is -0.249. The Kier molecular flexibility index (Phi) is 5.64. The lowest BCUT2D eigenvalue weighted by molar-refractivity contribution is -0.0415. The van der Waals surface area contributed by atoms with Gasteiger partial charge in [0, 0.05) is 18.7 Å². The zero-order chi connectivity index (χ0) is 19.7. The first kappa shape index (κ1) is 19.3. The zero-order valence-corrected chi connectivity index (χ0v) is 16.8. The van der Waals surface area contributed by atoms with Crippen LogP contribution >= 0.6 is 23.2 Å². The van der Waals surface area contributed by atoms with Crippen molar-refractivity contribution in [1.29, 1.82) is 0 Å². The second-order valence-corrected chi connectivity index (χ2v) is 7.55.